The van der Waals surface area contributed by atoms with Crippen LogP contribution >= 0.6 is 0 Å². The van der Waals surface area contributed by atoms with Crippen LogP contribution in [0.3, 0.4) is 0 Å². The van der Waals surface area contributed by atoms with E-state index in [9.17, 15) is 22.0 Å². The Balaban J connectivity index is 1.69. The molecule has 2 aromatic carbocycles. The molecule has 0 saturated carbocycles. The van der Waals surface area contributed by atoms with Gasteiger partial charge in [-0.2, -0.15) is 17.2 Å². The van der Waals surface area contributed by atoms with Gasteiger partial charge in [-0.3, -0.25) is 4.55 Å². The van der Waals surface area contributed by atoms with Crippen LogP contribution in [0.15, 0.2) is 48.0 Å². The number of hydrogen-bond acceptors (Lipinski definition) is 4. The van der Waals surface area contributed by atoms with Crippen LogP contribution in [-0.2, 0) is 31.5 Å². The SMILES string of the molecule is CCC1=CC(C)(COC(=O)C(F)(F)S(=O)(=O)O)CC(C)(c2ccc(C)c3c2Cc2ccccc2-3)C1. The third kappa shape index (κ3) is 4.42. The maximum atomic E-state index is 13.8. The number of benzene rings is 2. The van der Waals surface area contributed by atoms with E-state index in [1.807, 2.05) is 32.1 Å². The Kier molecular flexibility index (Phi) is 6.21. The van der Waals surface area contributed by atoms with Crippen LogP contribution in [0.5, 0.6) is 0 Å². The molecule has 0 spiro atoms. The smallest absolute Gasteiger partial charge is 0.459 e. The zero-order valence-electron chi connectivity index (χ0n) is 20.3. The van der Waals surface area contributed by atoms with E-state index in [-0.39, 0.29) is 5.41 Å². The molecule has 0 aliphatic heterocycles. The highest BCUT2D eigenvalue weighted by Gasteiger charge is 2.55. The molecule has 5 nitrogen and oxygen atoms in total. The van der Waals surface area contributed by atoms with Crippen molar-refractivity contribution in [3.05, 3.63) is 70.3 Å². The van der Waals surface area contributed by atoms with Crippen molar-refractivity contribution in [2.24, 2.45) is 5.41 Å². The molecular formula is C27H30F2O5S. The van der Waals surface area contributed by atoms with Gasteiger partial charge in [0.1, 0.15) is 6.61 Å². The summed E-state index contributed by atoms with van der Waals surface area (Å²) in [5.74, 6) is -2.27. The summed E-state index contributed by atoms with van der Waals surface area (Å²) in [6.07, 6.45) is 4.81. The molecular weight excluding hydrogens is 474 g/mol. The van der Waals surface area contributed by atoms with Gasteiger partial charge in [-0.25, -0.2) is 4.79 Å². The van der Waals surface area contributed by atoms with Gasteiger partial charge in [-0.1, -0.05) is 68.8 Å². The van der Waals surface area contributed by atoms with Crippen molar-refractivity contribution < 1.29 is 31.3 Å². The highest BCUT2D eigenvalue weighted by molar-refractivity contribution is 7.87. The number of rotatable bonds is 6. The summed E-state index contributed by atoms with van der Waals surface area (Å²) in [6.45, 7) is 7.67. The molecule has 188 valence electrons. The fraction of sp³-hybridized carbons (Fsp3) is 0.444. The van der Waals surface area contributed by atoms with Gasteiger partial charge in [0.05, 0.1) is 0 Å². The largest absolute Gasteiger partial charge is 0.465 e. The number of ether oxygens (including phenoxy) is 1. The first-order valence-electron chi connectivity index (χ1n) is 11.6. The lowest BCUT2D eigenvalue weighted by Crippen LogP contribution is -2.42. The van der Waals surface area contributed by atoms with Crippen molar-refractivity contribution in [2.45, 2.75) is 64.0 Å². The minimum atomic E-state index is -5.92. The van der Waals surface area contributed by atoms with Crippen LogP contribution in [0.25, 0.3) is 11.1 Å². The van der Waals surface area contributed by atoms with Gasteiger partial charge in [0.15, 0.2) is 0 Å². The standard InChI is InChI=1S/C27H30F2O5S/c1-5-18-13-25(3,16-34-24(30)27(28,29)35(31,32)33)15-26(4,14-18)22-11-10-17(2)23-20-9-7-6-8-19(20)12-21(22)23/h6-11,13H,5,12,14-16H2,1-4H3,(H,31,32,33). The Morgan fingerprint density at radius 3 is 2.51 bits per heavy atom. The maximum absolute atomic E-state index is 13.8. The first-order chi connectivity index (χ1) is 16.2. The third-order valence-corrected chi connectivity index (χ3v) is 8.15. The number of carbonyl (C=O) groups is 1. The van der Waals surface area contributed by atoms with Crippen LogP contribution in [0.2, 0.25) is 0 Å². The lowest BCUT2D eigenvalue weighted by Gasteiger charge is -2.44. The van der Waals surface area contributed by atoms with Crippen LogP contribution in [0.1, 0.15) is 62.3 Å². The van der Waals surface area contributed by atoms with Crippen molar-refractivity contribution in [3.8, 4) is 11.1 Å². The summed E-state index contributed by atoms with van der Waals surface area (Å²) in [6, 6.07) is 12.6. The molecule has 0 bridgehead atoms. The van der Waals surface area contributed by atoms with Crippen LogP contribution < -0.4 is 0 Å². The molecule has 2 aliphatic rings. The molecule has 4 rings (SSSR count). The summed E-state index contributed by atoms with van der Waals surface area (Å²) < 4.78 is 62.9. The first kappa shape index (κ1) is 25.5. The molecule has 0 heterocycles. The van der Waals surface area contributed by atoms with Crippen LogP contribution in [0.4, 0.5) is 8.78 Å². The summed E-state index contributed by atoms with van der Waals surface area (Å²) in [4.78, 5) is 11.9. The maximum Gasteiger partial charge on any atom is 0.465 e. The second kappa shape index (κ2) is 8.52. The summed E-state index contributed by atoms with van der Waals surface area (Å²) in [5.41, 5.74) is 7.36. The predicted molar refractivity (Wildman–Crippen MR) is 130 cm³/mol. The minimum absolute atomic E-state index is 0.355. The van der Waals surface area contributed by atoms with Gasteiger partial charge >= 0.3 is 21.3 Å². The van der Waals surface area contributed by atoms with Gasteiger partial charge in [0, 0.05) is 5.41 Å². The number of fused-ring (bicyclic) bond motifs is 3. The second-order valence-electron chi connectivity index (χ2n) is 10.4. The van der Waals surface area contributed by atoms with Crippen molar-refractivity contribution in [1.29, 1.82) is 0 Å². The average molecular weight is 505 g/mol. The van der Waals surface area contributed by atoms with Crippen molar-refractivity contribution in [1.82, 2.24) is 0 Å². The lowest BCUT2D eigenvalue weighted by atomic mass is 9.61. The average Bonchev–Trinajstić information content (AvgIpc) is 3.16. The normalized spacial score (nSPS) is 23.9. The van der Waals surface area contributed by atoms with E-state index in [1.165, 1.54) is 33.4 Å². The molecule has 8 heteroatoms. The van der Waals surface area contributed by atoms with Gasteiger partial charge in [-0.15, -0.1) is 0 Å². The summed E-state index contributed by atoms with van der Waals surface area (Å²) >= 11 is 0. The molecule has 0 aromatic heterocycles. The Morgan fingerprint density at radius 1 is 1.17 bits per heavy atom. The molecule has 1 N–H and O–H groups in total. The number of allylic oxidation sites excluding steroid dienone is 1. The quantitative estimate of drug-likeness (QED) is 0.254. The fourth-order valence-corrected chi connectivity index (χ4v) is 6.25. The molecule has 35 heavy (non-hydrogen) atoms. The molecule has 2 atom stereocenters. The van der Waals surface area contributed by atoms with E-state index in [1.54, 1.807) is 0 Å². The molecule has 2 aromatic rings. The highest BCUT2D eigenvalue weighted by atomic mass is 32.2. The number of halogens is 2. The summed E-state index contributed by atoms with van der Waals surface area (Å²) in [5, 5.41) is -5.01. The van der Waals surface area contributed by atoms with E-state index < -0.39 is 33.4 Å². The van der Waals surface area contributed by atoms with Crippen molar-refractivity contribution >= 4 is 16.1 Å². The minimum Gasteiger partial charge on any atom is -0.459 e. The van der Waals surface area contributed by atoms with Crippen LogP contribution in [0, 0.1) is 12.3 Å². The number of esters is 1. The molecule has 0 fully saturated rings. The topological polar surface area (TPSA) is 80.7 Å². The van der Waals surface area contributed by atoms with Gasteiger partial charge < -0.3 is 4.74 Å². The Morgan fingerprint density at radius 2 is 1.86 bits per heavy atom. The van der Waals surface area contributed by atoms with Gasteiger partial charge in [0.25, 0.3) is 0 Å². The number of aryl methyl sites for hydroxylation is 1. The predicted octanol–water partition coefficient (Wildman–Crippen LogP) is 5.98. The molecule has 0 radical (unpaired) electrons. The molecule has 2 unspecified atom stereocenters. The highest BCUT2D eigenvalue weighted by Crippen LogP contribution is 2.52. The zero-order valence-corrected chi connectivity index (χ0v) is 21.1. The second-order valence-corrected chi connectivity index (χ2v) is 11.9. The van der Waals surface area contributed by atoms with Crippen molar-refractivity contribution in [2.75, 3.05) is 6.61 Å². The first-order valence-corrected chi connectivity index (χ1v) is 13.1. The number of hydrogen-bond donors (Lipinski definition) is 1. The van der Waals surface area contributed by atoms with E-state index in [0.717, 1.165) is 24.8 Å². The Bertz CT molecular complexity index is 1330. The fourth-order valence-electron chi connectivity index (χ4n) is 5.98. The molecule has 2 aliphatic carbocycles. The monoisotopic (exact) mass is 504 g/mol. The third-order valence-electron chi connectivity index (χ3n) is 7.34. The van der Waals surface area contributed by atoms with E-state index in [4.69, 9.17) is 9.29 Å². The number of carbonyl (C=O) groups excluding carboxylic acids is 1. The number of alkyl halides is 2. The summed E-state index contributed by atoms with van der Waals surface area (Å²) in [7, 11) is -5.92. The van der Waals surface area contributed by atoms with E-state index in [0.29, 0.717) is 6.42 Å². The molecule has 0 amide bonds. The van der Waals surface area contributed by atoms with Gasteiger partial charge in [0.2, 0.25) is 0 Å². The van der Waals surface area contributed by atoms with E-state index >= 15 is 0 Å². The Labute approximate surface area is 204 Å². The van der Waals surface area contributed by atoms with Crippen LogP contribution in [-0.4, -0.2) is 30.8 Å². The van der Waals surface area contributed by atoms with Gasteiger partial charge in [-0.05, 0) is 71.4 Å². The zero-order chi connectivity index (χ0) is 25.8. The van der Waals surface area contributed by atoms with Crippen molar-refractivity contribution in [3.63, 3.8) is 0 Å². The molecule has 0 saturated heterocycles. The van der Waals surface area contributed by atoms with E-state index in [2.05, 4.69) is 38.1 Å². The lowest BCUT2D eigenvalue weighted by molar-refractivity contribution is -0.164. The Hall–Kier alpha value is -2.58.